The molecule has 0 heterocycles. The van der Waals surface area contributed by atoms with E-state index in [2.05, 4.69) is 0 Å². The van der Waals surface area contributed by atoms with E-state index in [1.807, 2.05) is 30.3 Å². The number of hydrogen-bond donors (Lipinski definition) is 2. The molecule has 2 aromatic rings. The summed E-state index contributed by atoms with van der Waals surface area (Å²) >= 11 is 0. The van der Waals surface area contributed by atoms with Crippen molar-refractivity contribution in [2.24, 2.45) is 5.73 Å². The van der Waals surface area contributed by atoms with E-state index in [0.717, 1.165) is 5.56 Å². The molecule has 0 unspecified atom stereocenters. The van der Waals surface area contributed by atoms with Crippen LogP contribution in [-0.2, 0) is 22.5 Å². The lowest BCUT2D eigenvalue weighted by molar-refractivity contribution is -0.143. The molecule has 188 valence electrons. The molecule has 0 amide bonds. The Kier molecular flexibility index (Phi) is 7.70. The van der Waals surface area contributed by atoms with Crippen LogP contribution in [0.5, 0.6) is 0 Å². The summed E-state index contributed by atoms with van der Waals surface area (Å²) in [4.78, 5) is 0. The van der Waals surface area contributed by atoms with Gasteiger partial charge in [-0.1, -0.05) is 30.3 Å². The van der Waals surface area contributed by atoms with Crippen molar-refractivity contribution in [3.8, 4) is 0 Å². The SMILES string of the molecule is C[C@@H](OCC1(c2ccccc2)CCC(N)(CCO)CC1)c1cc(C(F)(F)F)cc(C(F)(F)F)c1. The number of ether oxygens (including phenoxy) is 1. The van der Waals surface area contributed by atoms with E-state index in [1.165, 1.54) is 6.92 Å². The zero-order valence-corrected chi connectivity index (χ0v) is 18.8. The average molecular weight is 490 g/mol. The number of aliphatic hydroxyl groups excluding tert-OH is 1. The molecule has 1 aliphatic carbocycles. The number of halogens is 6. The van der Waals surface area contributed by atoms with Crippen molar-refractivity contribution in [3.05, 3.63) is 70.8 Å². The van der Waals surface area contributed by atoms with Gasteiger partial charge in [-0.3, -0.25) is 0 Å². The van der Waals surface area contributed by atoms with Crippen molar-refractivity contribution in [1.29, 1.82) is 0 Å². The van der Waals surface area contributed by atoms with E-state index in [4.69, 9.17) is 10.5 Å². The molecule has 3 rings (SSSR count). The summed E-state index contributed by atoms with van der Waals surface area (Å²) in [7, 11) is 0. The summed E-state index contributed by atoms with van der Waals surface area (Å²) in [6.45, 7) is 1.54. The van der Waals surface area contributed by atoms with Crippen LogP contribution in [0.2, 0.25) is 0 Å². The van der Waals surface area contributed by atoms with Gasteiger partial charge in [0.1, 0.15) is 0 Å². The predicted molar refractivity (Wildman–Crippen MR) is 116 cm³/mol. The Balaban J connectivity index is 1.86. The van der Waals surface area contributed by atoms with Crippen molar-refractivity contribution in [3.63, 3.8) is 0 Å². The molecule has 0 spiro atoms. The Bertz CT molecular complexity index is 918. The second-order valence-electron chi connectivity index (χ2n) is 9.27. The molecular formula is C25H29F6NO2. The van der Waals surface area contributed by atoms with E-state index in [0.29, 0.717) is 44.2 Å². The maximum absolute atomic E-state index is 13.3. The summed E-state index contributed by atoms with van der Waals surface area (Å²) in [5.74, 6) is 0. The van der Waals surface area contributed by atoms with Crippen LogP contribution in [0, 0.1) is 0 Å². The minimum atomic E-state index is -4.92. The Labute approximate surface area is 194 Å². The van der Waals surface area contributed by atoms with Gasteiger partial charge >= 0.3 is 12.4 Å². The minimum absolute atomic E-state index is 0.0283. The molecular weight excluding hydrogens is 460 g/mol. The lowest BCUT2D eigenvalue weighted by Crippen LogP contribution is -2.49. The van der Waals surface area contributed by atoms with Crippen LogP contribution < -0.4 is 5.73 Å². The van der Waals surface area contributed by atoms with Gasteiger partial charge in [0.05, 0.1) is 23.8 Å². The van der Waals surface area contributed by atoms with Crippen LogP contribution in [0.25, 0.3) is 0 Å². The van der Waals surface area contributed by atoms with Crippen LogP contribution in [0.1, 0.15) is 67.4 Å². The highest BCUT2D eigenvalue weighted by atomic mass is 19.4. The summed E-state index contributed by atoms with van der Waals surface area (Å²) in [6.07, 6.45) is -7.90. The van der Waals surface area contributed by atoms with E-state index in [9.17, 15) is 31.4 Å². The summed E-state index contributed by atoms with van der Waals surface area (Å²) in [6, 6.07) is 11.0. The third kappa shape index (κ3) is 6.12. The number of aliphatic hydroxyl groups is 1. The van der Waals surface area contributed by atoms with Crippen molar-refractivity contribution >= 4 is 0 Å². The molecule has 0 aliphatic heterocycles. The van der Waals surface area contributed by atoms with Crippen LogP contribution in [-0.4, -0.2) is 23.9 Å². The van der Waals surface area contributed by atoms with Crippen LogP contribution in [0.3, 0.4) is 0 Å². The fourth-order valence-electron chi connectivity index (χ4n) is 4.60. The van der Waals surface area contributed by atoms with Gasteiger partial charge < -0.3 is 15.6 Å². The third-order valence-corrected chi connectivity index (χ3v) is 6.89. The van der Waals surface area contributed by atoms with Gasteiger partial charge in [-0.25, -0.2) is 0 Å². The fraction of sp³-hybridized carbons (Fsp3) is 0.520. The summed E-state index contributed by atoms with van der Waals surface area (Å²) in [5, 5.41) is 9.33. The number of alkyl halides is 6. The van der Waals surface area contributed by atoms with Crippen molar-refractivity contribution in [2.75, 3.05) is 13.2 Å². The average Bonchev–Trinajstić information content (AvgIpc) is 2.78. The van der Waals surface area contributed by atoms with Crippen LogP contribution in [0.15, 0.2) is 48.5 Å². The Morgan fingerprint density at radius 2 is 1.44 bits per heavy atom. The van der Waals surface area contributed by atoms with Gasteiger partial charge in [0, 0.05) is 17.6 Å². The standard InChI is InChI=1S/C25H29F6NO2/c1-17(18-13-20(24(26,27)28)15-21(14-18)25(29,30)31)34-16-22(19-5-3-2-4-6-19)7-9-23(32,10-8-22)11-12-33/h2-6,13-15,17,33H,7-12,16,32H2,1H3/t17-,22?,23?/m1/s1. The van der Waals surface area contributed by atoms with E-state index < -0.39 is 40.5 Å². The van der Waals surface area contributed by atoms with E-state index >= 15 is 0 Å². The van der Waals surface area contributed by atoms with Crippen LogP contribution in [0.4, 0.5) is 26.3 Å². The molecule has 9 heteroatoms. The molecule has 0 aromatic heterocycles. The number of benzene rings is 2. The van der Waals surface area contributed by atoms with Gasteiger partial charge in [-0.05, 0) is 68.4 Å². The molecule has 1 aliphatic rings. The molecule has 3 nitrogen and oxygen atoms in total. The lowest BCUT2D eigenvalue weighted by atomic mass is 9.64. The van der Waals surface area contributed by atoms with Crippen molar-refractivity contribution in [2.45, 2.75) is 68.4 Å². The second kappa shape index (κ2) is 9.87. The number of rotatable bonds is 7. The highest BCUT2D eigenvalue weighted by Gasteiger charge is 2.42. The maximum atomic E-state index is 13.3. The number of hydrogen-bond acceptors (Lipinski definition) is 3. The molecule has 1 saturated carbocycles. The van der Waals surface area contributed by atoms with Gasteiger partial charge in [-0.15, -0.1) is 0 Å². The second-order valence-corrected chi connectivity index (χ2v) is 9.27. The Hall–Kier alpha value is -2.10. The first kappa shape index (κ1) is 26.5. The highest BCUT2D eigenvalue weighted by molar-refractivity contribution is 5.35. The summed E-state index contributed by atoms with van der Waals surface area (Å²) in [5.41, 5.74) is 3.49. The topological polar surface area (TPSA) is 55.5 Å². The monoisotopic (exact) mass is 489 g/mol. The Morgan fingerprint density at radius 3 is 1.91 bits per heavy atom. The van der Waals surface area contributed by atoms with Crippen molar-refractivity contribution < 1.29 is 36.2 Å². The lowest BCUT2D eigenvalue weighted by Gasteiger charge is -2.45. The first-order valence-corrected chi connectivity index (χ1v) is 11.1. The smallest absolute Gasteiger partial charge is 0.396 e. The zero-order valence-electron chi connectivity index (χ0n) is 18.8. The molecule has 0 bridgehead atoms. The molecule has 0 saturated heterocycles. The molecule has 3 N–H and O–H groups in total. The minimum Gasteiger partial charge on any atom is -0.396 e. The van der Waals surface area contributed by atoms with E-state index in [-0.39, 0.29) is 24.8 Å². The van der Waals surface area contributed by atoms with Gasteiger partial charge in [0.25, 0.3) is 0 Å². The Morgan fingerprint density at radius 1 is 0.912 bits per heavy atom. The van der Waals surface area contributed by atoms with E-state index in [1.54, 1.807) is 0 Å². The van der Waals surface area contributed by atoms with Crippen molar-refractivity contribution in [1.82, 2.24) is 0 Å². The number of nitrogens with two attached hydrogens (primary N) is 1. The first-order chi connectivity index (χ1) is 15.8. The first-order valence-electron chi connectivity index (χ1n) is 11.1. The van der Waals surface area contributed by atoms with Gasteiger partial charge in [0.2, 0.25) is 0 Å². The third-order valence-electron chi connectivity index (χ3n) is 6.89. The van der Waals surface area contributed by atoms with Crippen LogP contribution >= 0.6 is 0 Å². The fourth-order valence-corrected chi connectivity index (χ4v) is 4.60. The zero-order chi connectivity index (χ0) is 25.2. The quantitative estimate of drug-likeness (QED) is 0.443. The molecule has 1 fully saturated rings. The van der Waals surface area contributed by atoms with Gasteiger partial charge in [-0.2, -0.15) is 26.3 Å². The van der Waals surface area contributed by atoms with Gasteiger partial charge in [0.15, 0.2) is 0 Å². The molecule has 1 atom stereocenters. The normalized spacial score (nSPS) is 24.7. The molecule has 0 radical (unpaired) electrons. The summed E-state index contributed by atoms with van der Waals surface area (Å²) < 4.78 is 85.5. The molecule has 34 heavy (non-hydrogen) atoms. The largest absolute Gasteiger partial charge is 0.416 e. The maximum Gasteiger partial charge on any atom is 0.416 e. The highest BCUT2D eigenvalue weighted by Crippen LogP contribution is 2.45. The predicted octanol–water partition coefficient (Wildman–Crippen LogP) is 6.39. The molecule has 2 aromatic carbocycles.